The first-order chi connectivity index (χ1) is 15.9. The number of benzene rings is 3. The second kappa shape index (κ2) is 9.84. The van der Waals surface area contributed by atoms with Crippen LogP contribution in [0.3, 0.4) is 0 Å². The summed E-state index contributed by atoms with van der Waals surface area (Å²) in [4.78, 5) is 2.06. The van der Waals surface area contributed by atoms with E-state index in [-0.39, 0.29) is 0 Å². The van der Waals surface area contributed by atoms with Crippen molar-refractivity contribution in [3.05, 3.63) is 80.4 Å². The van der Waals surface area contributed by atoms with Crippen LogP contribution >= 0.6 is 34.8 Å². The van der Waals surface area contributed by atoms with Crippen molar-refractivity contribution in [2.45, 2.75) is 26.7 Å². The third kappa shape index (κ3) is 4.40. The van der Waals surface area contributed by atoms with Gasteiger partial charge in [-0.25, -0.2) is 4.68 Å². The highest BCUT2D eigenvalue weighted by Crippen LogP contribution is 2.39. The number of halogens is 3. The van der Waals surface area contributed by atoms with Crippen molar-refractivity contribution in [2.24, 2.45) is 0 Å². The zero-order chi connectivity index (χ0) is 23.7. The van der Waals surface area contributed by atoms with Gasteiger partial charge in [0.25, 0.3) is 0 Å². The van der Waals surface area contributed by atoms with Gasteiger partial charge in [0, 0.05) is 31.6 Å². The first-order valence-corrected chi connectivity index (χ1v) is 12.1. The zero-order valence-corrected chi connectivity index (χ0v) is 21.4. The van der Waals surface area contributed by atoms with Crippen molar-refractivity contribution in [3.8, 4) is 11.4 Å². The molecule has 33 heavy (non-hydrogen) atoms. The summed E-state index contributed by atoms with van der Waals surface area (Å²) >= 11 is 19.1. The van der Waals surface area contributed by atoms with Crippen molar-refractivity contribution < 1.29 is 4.74 Å². The molecule has 0 saturated carbocycles. The number of rotatable bonds is 7. The van der Waals surface area contributed by atoms with E-state index < -0.39 is 0 Å². The standard InChI is InChI=1S/C26H26Cl3N3O/c1-5-21-19(15-18-17-10-8-7-9-16(17)11-14-23(18)33-6-2)26(31(3)4)32(30-21)22-13-12-20(27)24(28)25(22)29/h7-14H,5-6,15H2,1-4H3. The van der Waals surface area contributed by atoms with Crippen molar-refractivity contribution in [2.75, 3.05) is 25.6 Å². The van der Waals surface area contributed by atoms with Gasteiger partial charge < -0.3 is 9.64 Å². The van der Waals surface area contributed by atoms with Gasteiger partial charge in [-0.05, 0) is 42.3 Å². The lowest BCUT2D eigenvalue weighted by Gasteiger charge is -2.20. The summed E-state index contributed by atoms with van der Waals surface area (Å²) in [5.41, 5.74) is 3.96. The van der Waals surface area contributed by atoms with Gasteiger partial charge in [-0.15, -0.1) is 0 Å². The van der Waals surface area contributed by atoms with E-state index in [1.165, 1.54) is 10.8 Å². The molecule has 0 aliphatic rings. The molecule has 172 valence electrons. The van der Waals surface area contributed by atoms with E-state index in [1.54, 1.807) is 6.07 Å². The Hall–Kier alpha value is -2.40. The van der Waals surface area contributed by atoms with Crippen LogP contribution in [-0.4, -0.2) is 30.5 Å². The second-order valence-corrected chi connectivity index (χ2v) is 9.14. The van der Waals surface area contributed by atoms with Crippen molar-refractivity contribution in [1.82, 2.24) is 9.78 Å². The molecule has 3 aromatic carbocycles. The lowest BCUT2D eigenvalue weighted by atomic mass is 9.96. The Morgan fingerprint density at radius 2 is 1.67 bits per heavy atom. The van der Waals surface area contributed by atoms with Crippen molar-refractivity contribution in [3.63, 3.8) is 0 Å². The molecule has 0 N–H and O–H groups in total. The van der Waals surface area contributed by atoms with Crippen molar-refractivity contribution >= 4 is 51.4 Å². The third-order valence-corrected chi connectivity index (χ3v) is 6.98. The molecular formula is C26H26Cl3N3O. The molecule has 0 aliphatic carbocycles. The molecule has 0 unspecified atom stereocenters. The summed E-state index contributed by atoms with van der Waals surface area (Å²) in [7, 11) is 4.02. The molecule has 0 amide bonds. The summed E-state index contributed by atoms with van der Waals surface area (Å²) in [5.74, 6) is 1.84. The second-order valence-electron chi connectivity index (χ2n) is 7.98. The van der Waals surface area contributed by atoms with Crippen LogP contribution in [0.25, 0.3) is 16.5 Å². The molecule has 0 bridgehead atoms. The largest absolute Gasteiger partial charge is 0.494 e. The number of aryl methyl sites for hydroxylation is 1. The van der Waals surface area contributed by atoms with Crippen LogP contribution < -0.4 is 9.64 Å². The fourth-order valence-corrected chi connectivity index (χ4v) is 4.83. The van der Waals surface area contributed by atoms with Gasteiger partial charge in [0.2, 0.25) is 0 Å². The summed E-state index contributed by atoms with van der Waals surface area (Å²) in [6.45, 7) is 4.72. The van der Waals surface area contributed by atoms with Gasteiger partial charge in [0.05, 0.1) is 33.1 Å². The number of hydrogen-bond acceptors (Lipinski definition) is 3. The lowest BCUT2D eigenvalue weighted by Crippen LogP contribution is -2.16. The highest BCUT2D eigenvalue weighted by molar-refractivity contribution is 6.48. The molecule has 0 spiro atoms. The average Bonchev–Trinajstić information content (AvgIpc) is 3.17. The lowest BCUT2D eigenvalue weighted by molar-refractivity contribution is 0.337. The molecule has 1 aromatic heterocycles. The number of aromatic nitrogens is 2. The maximum absolute atomic E-state index is 6.60. The van der Waals surface area contributed by atoms with Gasteiger partial charge >= 0.3 is 0 Å². The Balaban J connectivity index is 1.95. The Bertz CT molecular complexity index is 1310. The van der Waals surface area contributed by atoms with Crippen LogP contribution in [0.5, 0.6) is 5.75 Å². The third-order valence-electron chi connectivity index (χ3n) is 5.69. The number of ether oxygens (including phenoxy) is 1. The minimum absolute atomic E-state index is 0.323. The Labute approximate surface area is 209 Å². The highest BCUT2D eigenvalue weighted by atomic mass is 35.5. The predicted octanol–water partition coefficient (Wildman–Crippen LogP) is 7.60. The van der Waals surface area contributed by atoms with E-state index in [9.17, 15) is 0 Å². The topological polar surface area (TPSA) is 30.3 Å². The minimum Gasteiger partial charge on any atom is -0.494 e. The van der Waals surface area contributed by atoms with E-state index >= 15 is 0 Å². The molecule has 4 nitrogen and oxygen atoms in total. The maximum Gasteiger partial charge on any atom is 0.135 e. The number of fused-ring (bicyclic) bond motifs is 1. The highest BCUT2D eigenvalue weighted by Gasteiger charge is 2.24. The molecule has 0 atom stereocenters. The van der Waals surface area contributed by atoms with Crippen LogP contribution in [0.15, 0.2) is 48.5 Å². The quantitative estimate of drug-likeness (QED) is 0.244. The van der Waals surface area contributed by atoms with Crippen LogP contribution in [-0.2, 0) is 12.8 Å². The van der Waals surface area contributed by atoms with Crippen LogP contribution in [0, 0.1) is 0 Å². The molecule has 0 aliphatic heterocycles. The SMILES string of the molecule is CCOc1ccc2ccccc2c1Cc1c(CC)nn(-c2ccc(Cl)c(Cl)c2Cl)c1N(C)C. The van der Waals surface area contributed by atoms with E-state index in [0.29, 0.717) is 33.8 Å². The minimum atomic E-state index is 0.323. The summed E-state index contributed by atoms with van der Waals surface area (Å²) in [6, 6.07) is 16.2. The van der Waals surface area contributed by atoms with Crippen LogP contribution in [0.2, 0.25) is 15.1 Å². The van der Waals surface area contributed by atoms with Gasteiger partial charge in [-0.3, -0.25) is 0 Å². The normalized spacial score (nSPS) is 11.2. The molecule has 7 heteroatoms. The van der Waals surface area contributed by atoms with E-state index in [1.807, 2.05) is 31.8 Å². The van der Waals surface area contributed by atoms with E-state index in [0.717, 1.165) is 34.8 Å². The van der Waals surface area contributed by atoms with Gasteiger partial charge in [0.1, 0.15) is 11.6 Å². The first-order valence-electron chi connectivity index (χ1n) is 10.9. The fraction of sp³-hybridized carbons (Fsp3) is 0.269. The number of nitrogens with zero attached hydrogens (tertiary/aromatic N) is 3. The molecule has 0 saturated heterocycles. The molecule has 0 radical (unpaired) electrons. The number of hydrogen-bond donors (Lipinski definition) is 0. The molecule has 4 rings (SSSR count). The van der Waals surface area contributed by atoms with Gasteiger partial charge in [-0.2, -0.15) is 5.10 Å². The Morgan fingerprint density at radius 3 is 2.36 bits per heavy atom. The number of anilines is 1. The van der Waals surface area contributed by atoms with Crippen molar-refractivity contribution in [1.29, 1.82) is 0 Å². The Morgan fingerprint density at radius 1 is 0.909 bits per heavy atom. The summed E-state index contributed by atoms with van der Waals surface area (Å²) in [5, 5.41) is 8.42. The van der Waals surface area contributed by atoms with Gasteiger partial charge in [-0.1, -0.05) is 72.1 Å². The van der Waals surface area contributed by atoms with E-state index in [4.69, 9.17) is 44.6 Å². The monoisotopic (exact) mass is 501 g/mol. The van der Waals surface area contributed by atoms with Crippen LogP contribution in [0.4, 0.5) is 5.82 Å². The van der Waals surface area contributed by atoms with Gasteiger partial charge in [0.15, 0.2) is 0 Å². The summed E-state index contributed by atoms with van der Waals surface area (Å²) < 4.78 is 7.90. The first kappa shape index (κ1) is 23.7. The molecule has 4 aromatic rings. The average molecular weight is 503 g/mol. The molecular weight excluding hydrogens is 477 g/mol. The zero-order valence-electron chi connectivity index (χ0n) is 19.1. The Kier molecular flexibility index (Phi) is 7.08. The maximum atomic E-state index is 6.60. The fourth-order valence-electron chi connectivity index (χ4n) is 4.22. The summed E-state index contributed by atoms with van der Waals surface area (Å²) in [6.07, 6.45) is 1.45. The van der Waals surface area contributed by atoms with E-state index in [2.05, 4.69) is 48.2 Å². The molecule has 1 heterocycles. The molecule has 0 fully saturated rings. The predicted molar refractivity (Wildman–Crippen MR) is 140 cm³/mol. The van der Waals surface area contributed by atoms with Crippen LogP contribution in [0.1, 0.15) is 30.7 Å². The smallest absolute Gasteiger partial charge is 0.135 e.